The zero-order chi connectivity index (χ0) is 14.9. The summed E-state index contributed by atoms with van der Waals surface area (Å²) in [5.41, 5.74) is 0. The van der Waals surface area contributed by atoms with Crippen LogP contribution in [0.3, 0.4) is 0 Å². The zero-order valence-electron chi connectivity index (χ0n) is 11.3. The van der Waals surface area contributed by atoms with Gasteiger partial charge < -0.3 is 10.1 Å². The first-order valence-electron chi connectivity index (χ1n) is 6.32. The third-order valence-corrected chi connectivity index (χ3v) is 5.94. The van der Waals surface area contributed by atoms with E-state index in [1.807, 2.05) is 13.8 Å². The normalized spacial score (nSPS) is 24.6. The fourth-order valence-electron chi connectivity index (χ4n) is 2.12. The van der Waals surface area contributed by atoms with E-state index in [2.05, 4.69) is 5.32 Å². The van der Waals surface area contributed by atoms with Crippen molar-refractivity contribution in [3.05, 3.63) is 17.0 Å². The lowest BCUT2D eigenvalue weighted by atomic mass is 10.1. The van der Waals surface area contributed by atoms with Crippen LogP contribution in [-0.2, 0) is 19.6 Å². The third-order valence-electron chi connectivity index (χ3n) is 3.24. The molecule has 1 aromatic heterocycles. The molecular weight excluding hydrogens is 300 g/mol. The van der Waals surface area contributed by atoms with Gasteiger partial charge in [-0.25, -0.2) is 13.6 Å². The van der Waals surface area contributed by atoms with E-state index in [1.54, 1.807) is 6.07 Å². The smallest absolute Gasteiger partial charge is 0.247 e. The molecule has 0 saturated carbocycles. The van der Waals surface area contributed by atoms with E-state index in [9.17, 15) is 13.2 Å². The van der Waals surface area contributed by atoms with E-state index in [-0.39, 0.29) is 28.2 Å². The molecule has 1 aliphatic heterocycles. The summed E-state index contributed by atoms with van der Waals surface area (Å²) in [5, 5.41) is 7.94. The molecule has 1 aliphatic rings. The summed E-state index contributed by atoms with van der Waals surface area (Å²) in [6.07, 6.45) is 0.822. The van der Waals surface area contributed by atoms with E-state index in [0.29, 0.717) is 13.0 Å². The molecule has 1 amide bonds. The second-order valence-electron chi connectivity index (χ2n) is 5.01. The van der Waals surface area contributed by atoms with Crippen molar-refractivity contribution in [2.45, 2.75) is 36.6 Å². The fraction of sp³-hybridized carbons (Fsp3) is 0.583. The maximum atomic E-state index is 12.0. The van der Waals surface area contributed by atoms with Crippen LogP contribution in [0, 0.1) is 5.92 Å². The van der Waals surface area contributed by atoms with Crippen molar-refractivity contribution in [1.29, 1.82) is 0 Å². The molecule has 0 radical (unpaired) electrons. The summed E-state index contributed by atoms with van der Waals surface area (Å²) in [5.74, 6) is -0.197. The van der Waals surface area contributed by atoms with Crippen LogP contribution in [-0.4, -0.2) is 27.0 Å². The first kappa shape index (κ1) is 15.4. The average Bonchev–Trinajstić information content (AvgIpc) is 2.95. The SMILES string of the molecule is CC1CC(C(=O)NC(C)c2ccc(S(N)(=O)=O)s2)CO1. The largest absolute Gasteiger partial charge is 0.378 e. The van der Waals surface area contributed by atoms with Crippen LogP contribution < -0.4 is 10.5 Å². The second kappa shape index (κ2) is 5.80. The Morgan fingerprint density at radius 1 is 1.55 bits per heavy atom. The molecule has 2 rings (SSSR count). The van der Waals surface area contributed by atoms with Gasteiger partial charge in [-0.2, -0.15) is 0 Å². The number of hydrogen-bond acceptors (Lipinski definition) is 5. The molecular formula is C12H18N2O4S2. The van der Waals surface area contributed by atoms with Gasteiger partial charge in [0.1, 0.15) is 4.21 Å². The van der Waals surface area contributed by atoms with E-state index >= 15 is 0 Å². The molecule has 20 heavy (non-hydrogen) atoms. The molecule has 1 aromatic rings. The molecule has 0 aromatic carbocycles. The minimum absolute atomic E-state index is 0.0626. The van der Waals surface area contributed by atoms with Gasteiger partial charge >= 0.3 is 0 Å². The number of nitrogens with two attached hydrogens (primary N) is 1. The number of sulfonamides is 1. The van der Waals surface area contributed by atoms with Crippen LogP contribution in [0.2, 0.25) is 0 Å². The molecule has 0 bridgehead atoms. The number of primary sulfonamides is 1. The molecule has 8 heteroatoms. The van der Waals surface area contributed by atoms with Gasteiger partial charge in [0.2, 0.25) is 15.9 Å². The van der Waals surface area contributed by atoms with Crippen LogP contribution in [0.5, 0.6) is 0 Å². The van der Waals surface area contributed by atoms with E-state index in [0.717, 1.165) is 16.2 Å². The highest BCUT2D eigenvalue weighted by Crippen LogP contribution is 2.27. The van der Waals surface area contributed by atoms with Crippen LogP contribution in [0.25, 0.3) is 0 Å². The number of nitrogens with one attached hydrogen (secondary N) is 1. The molecule has 1 fully saturated rings. The minimum Gasteiger partial charge on any atom is -0.378 e. The highest BCUT2D eigenvalue weighted by molar-refractivity contribution is 7.91. The van der Waals surface area contributed by atoms with Crippen molar-refractivity contribution in [3.8, 4) is 0 Å². The topological polar surface area (TPSA) is 98.5 Å². The van der Waals surface area contributed by atoms with Crippen molar-refractivity contribution < 1.29 is 17.9 Å². The highest BCUT2D eigenvalue weighted by Gasteiger charge is 2.29. The number of hydrogen-bond donors (Lipinski definition) is 2. The lowest BCUT2D eigenvalue weighted by Gasteiger charge is -2.15. The highest BCUT2D eigenvalue weighted by atomic mass is 32.2. The maximum absolute atomic E-state index is 12.0. The summed E-state index contributed by atoms with van der Waals surface area (Å²) in [7, 11) is -3.68. The monoisotopic (exact) mass is 318 g/mol. The molecule has 3 unspecified atom stereocenters. The van der Waals surface area contributed by atoms with Crippen LogP contribution >= 0.6 is 11.3 Å². The number of rotatable bonds is 4. The summed E-state index contributed by atoms with van der Waals surface area (Å²) < 4.78 is 27.9. The molecule has 6 nitrogen and oxygen atoms in total. The summed E-state index contributed by atoms with van der Waals surface area (Å²) >= 11 is 1.07. The van der Waals surface area contributed by atoms with Gasteiger partial charge in [-0.1, -0.05) is 0 Å². The van der Waals surface area contributed by atoms with Gasteiger partial charge in [0, 0.05) is 4.88 Å². The number of carbonyl (C=O) groups is 1. The Bertz CT molecular complexity index is 596. The van der Waals surface area contributed by atoms with Crippen molar-refractivity contribution in [2.75, 3.05) is 6.61 Å². The Hall–Kier alpha value is -0.960. The quantitative estimate of drug-likeness (QED) is 0.865. The number of thiophene rings is 1. The van der Waals surface area contributed by atoms with Crippen molar-refractivity contribution in [3.63, 3.8) is 0 Å². The Balaban J connectivity index is 1.99. The first-order valence-corrected chi connectivity index (χ1v) is 8.68. The third kappa shape index (κ3) is 3.57. The van der Waals surface area contributed by atoms with E-state index in [1.165, 1.54) is 6.07 Å². The Morgan fingerprint density at radius 3 is 2.75 bits per heavy atom. The molecule has 3 atom stereocenters. The standard InChI is InChI=1S/C12H18N2O4S2/c1-7-5-9(6-18-7)12(15)14-8(2)10-3-4-11(19-10)20(13,16)17/h3-4,7-9H,5-6H2,1-2H3,(H,14,15)(H2,13,16,17). The summed E-state index contributed by atoms with van der Waals surface area (Å²) in [4.78, 5) is 12.8. The Labute approximate surface area is 122 Å². The predicted molar refractivity (Wildman–Crippen MR) is 75.8 cm³/mol. The molecule has 0 spiro atoms. The number of carbonyl (C=O) groups excluding carboxylic acids is 1. The van der Waals surface area contributed by atoms with Gasteiger partial charge in [0.15, 0.2) is 0 Å². The lowest BCUT2D eigenvalue weighted by Crippen LogP contribution is -2.32. The van der Waals surface area contributed by atoms with Crippen LogP contribution in [0.1, 0.15) is 31.2 Å². The lowest BCUT2D eigenvalue weighted by molar-refractivity contribution is -0.125. The van der Waals surface area contributed by atoms with Gasteiger partial charge in [0.05, 0.1) is 24.7 Å². The Morgan fingerprint density at radius 2 is 2.25 bits per heavy atom. The summed E-state index contributed by atoms with van der Waals surface area (Å²) in [6.45, 7) is 4.19. The van der Waals surface area contributed by atoms with Crippen molar-refractivity contribution >= 4 is 27.3 Å². The first-order chi connectivity index (χ1) is 9.27. The van der Waals surface area contributed by atoms with Gasteiger partial charge in [0.25, 0.3) is 0 Å². The Kier molecular flexibility index (Phi) is 4.48. The number of amides is 1. The van der Waals surface area contributed by atoms with Gasteiger partial charge in [-0.3, -0.25) is 4.79 Å². The molecule has 1 saturated heterocycles. The molecule has 0 aliphatic carbocycles. The molecule has 2 heterocycles. The van der Waals surface area contributed by atoms with E-state index in [4.69, 9.17) is 9.88 Å². The maximum Gasteiger partial charge on any atom is 0.247 e. The van der Waals surface area contributed by atoms with Gasteiger partial charge in [-0.05, 0) is 32.4 Å². The molecule has 3 N–H and O–H groups in total. The van der Waals surface area contributed by atoms with E-state index < -0.39 is 10.0 Å². The van der Waals surface area contributed by atoms with Crippen LogP contribution in [0.15, 0.2) is 16.3 Å². The minimum atomic E-state index is -3.68. The van der Waals surface area contributed by atoms with Crippen molar-refractivity contribution in [1.82, 2.24) is 5.32 Å². The summed E-state index contributed by atoms with van der Waals surface area (Å²) in [6, 6.07) is 2.88. The zero-order valence-corrected chi connectivity index (χ0v) is 13.0. The van der Waals surface area contributed by atoms with Crippen LogP contribution in [0.4, 0.5) is 0 Å². The van der Waals surface area contributed by atoms with Gasteiger partial charge in [-0.15, -0.1) is 11.3 Å². The average molecular weight is 318 g/mol. The molecule has 112 valence electrons. The second-order valence-corrected chi connectivity index (χ2v) is 7.91. The predicted octanol–water partition coefficient (Wildman–Crippen LogP) is 0.998. The van der Waals surface area contributed by atoms with Crippen molar-refractivity contribution in [2.24, 2.45) is 11.1 Å². The number of ether oxygens (including phenoxy) is 1. The fourth-order valence-corrected chi connectivity index (χ4v) is 3.87.